The number of allylic oxidation sites excluding steroid dienone is 1. The first-order valence-electron chi connectivity index (χ1n) is 9.42. The van der Waals surface area contributed by atoms with Gasteiger partial charge in [-0.15, -0.1) is 0 Å². The average molecular weight is 331 g/mol. The monoisotopic (exact) mass is 330 g/mol. The second-order valence-electron chi connectivity index (χ2n) is 6.31. The molecule has 0 rings (SSSR count). The maximum absolute atomic E-state index is 9.83. The maximum atomic E-state index is 9.83. The molecule has 0 heterocycles. The minimum Gasteiger partial charge on any atom is -0.394 e. The summed E-state index contributed by atoms with van der Waals surface area (Å²) < 4.78 is 5.22. The summed E-state index contributed by atoms with van der Waals surface area (Å²) in [6, 6.07) is 0. The van der Waals surface area contributed by atoms with Crippen LogP contribution < -0.4 is 0 Å². The van der Waals surface area contributed by atoms with Crippen LogP contribution in [0.3, 0.4) is 0 Å². The van der Waals surface area contributed by atoms with Crippen molar-refractivity contribution in [2.75, 3.05) is 19.8 Å². The van der Waals surface area contributed by atoms with E-state index in [1.54, 1.807) is 0 Å². The van der Waals surface area contributed by atoms with Crippen molar-refractivity contribution in [3.05, 3.63) is 12.2 Å². The molecule has 0 saturated heterocycles. The summed E-state index contributed by atoms with van der Waals surface area (Å²) in [5.41, 5.74) is 0. The van der Waals surface area contributed by atoms with E-state index in [-0.39, 0.29) is 19.3 Å². The Hall–Kier alpha value is -0.420. The highest BCUT2D eigenvalue weighted by molar-refractivity contribution is 4.88. The van der Waals surface area contributed by atoms with Crippen LogP contribution in [0.5, 0.6) is 0 Å². The van der Waals surface area contributed by atoms with Gasteiger partial charge in [-0.3, -0.25) is 0 Å². The lowest BCUT2D eigenvalue weighted by Crippen LogP contribution is -2.19. The Kier molecular flexibility index (Phi) is 17.6. The van der Waals surface area contributed by atoms with Gasteiger partial charge in [0.25, 0.3) is 0 Å². The molecule has 23 heavy (non-hydrogen) atoms. The number of ether oxygens (including phenoxy) is 1. The Morgan fingerprint density at radius 1 is 0.913 bits per heavy atom. The van der Waals surface area contributed by atoms with E-state index in [2.05, 4.69) is 13.0 Å². The molecule has 0 unspecified atom stereocenters. The van der Waals surface area contributed by atoms with Gasteiger partial charge in [0.2, 0.25) is 0 Å². The molecule has 0 aliphatic heterocycles. The molecule has 0 bridgehead atoms. The third kappa shape index (κ3) is 17.8. The second kappa shape index (κ2) is 17.9. The predicted molar refractivity (Wildman–Crippen MR) is 95.5 cm³/mol. The zero-order valence-corrected chi connectivity index (χ0v) is 15.0. The van der Waals surface area contributed by atoms with Crippen LogP contribution in [0.1, 0.15) is 77.6 Å². The molecule has 0 saturated carbocycles. The first-order chi connectivity index (χ1) is 11.2. The van der Waals surface area contributed by atoms with Crippen molar-refractivity contribution in [3.63, 3.8) is 0 Å². The quantitative estimate of drug-likeness (QED) is 0.282. The van der Waals surface area contributed by atoms with Crippen LogP contribution in [-0.4, -0.2) is 47.3 Å². The molecule has 0 fully saturated rings. The summed E-state index contributed by atoms with van der Waals surface area (Å²) in [7, 11) is 0. The zero-order chi connectivity index (χ0) is 17.2. The molecular weight excluding hydrogens is 292 g/mol. The number of unbranched alkanes of at least 4 members (excludes halogenated alkanes) is 8. The van der Waals surface area contributed by atoms with E-state index in [9.17, 15) is 5.11 Å². The highest BCUT2D eigenvalue weighted by Gasteiger charge is 2.02. The largest absolute Gasteiger partial charge is 0.394 e. The molecule has 0 aliphatic rings. The first kappa shape index (κ1) is 22.6. The molecule has 0 aromatic heterocycles. The van der Waals surface area contributed by atoms with Crippen LogP contribution in [0.25, 0.3) is 0 Å². The number of aliphatic hydroxyl groups excluding tert-OH is 3. The lowest BCUT2D eigenvalue weighted by molar-refractivity contribution is 0.00490. The molecule has 138 valence electrons. The van der Waals surface area contributed by atoms with Gasteiger partial charge in [-0.2, -0.15) is 0 Å². The number of aliphatic hydroxyl groups is 3. The molecule has 2 atom stereocenters. The predicted octanol–water partition coefficient (Wildman–Crippen LogP) is 3.58. The Labute approximate surface area is 142 Å². The normalized spacial score (nSPS) is 14.4. The zero-order valence-electron chi connectivity index (χ0n) is 15.0. The fourth-order valence-electron chi connectivity index (χ4n) is 2.40. The highest BCUT2D eigenvalue weighted by atomic mass is 16.5. The molecule has 3 N–H and O–H groups in total. The summed E-state index contributed by atoms with van der Waals surface area (Å²) in [4.78, 5) is 0. The van der Waals surface area contributed by atoms with E-state index in [0.717, 1.165) is 25.7 Å². The van der Waals surface area contributed by atoms with E-state index < -0.39 is 6.10 Å². The number of hydrogen-bond acceptors (Lipinski definition) is 4. The summed E-state index contributed by atoms with van der Waals surface area (Å²) in [5.74, 6) is 0. The molecule has 4 nitrogen and oxygen atoms in total. The summed E-state index contributed by atoms with van der Waals surface area (Å²) >= 11 is 0. The van der Waals surface area contributed by atoms with Gasteiger partial charge >= 0.3 is 0 Å². The van der Waals surface area contributed by atoms with Gasteiger partial charge in [0.1, 0.15) is 6.10 Å². The van der Waals surface area contributed by atoms with Crippen molar-refractivity contribution >= 4 is 0 Å². The van der Waals surface area contributed by atoms with Crippen molar-refractivity contribution in [3.8, 4) is 0 Å². The van der Waals surface area contributed by atoms with Crippen LogP contribution >= 0.6 is 0 Å². The Bertz CT molecular complexity index is 256. The van der Waals surface area contributed by atoms with Crippen molar-refractivity contribution in [2.45, 2.75) is 89.8 Å². The van der Waals surface area contributed by atoms with Crippen LogP contribution in [0, 0.1) is 0 Å². The van der Waals surface area contributed by atoms with Crippen molar-refractivity contribution in [1.82, 2.24) is 0 Å². The molecule has 0 aromatic carbocycles. The number of rotatable bonds is 17. The Morgan fingerprint density at radius 2 is 1.61 bits per heavy atom. The van der Waals surface area contributed by atoms with Crippen LogP contribution in [0.15, 0.2) is 12.2 Å². The van der Waals surface area contributed by atoms with E-state index in [0.29, 0.717) is 6.61 Å². The van der Waals surface area contributed by atoms with Gasteiger partial charge in [-0.25, -0.2) is 0 Å². The average Bonchev–Trinajstić information content (AvgIpc) is 2.56. The smallest absolute Gasteiger partial charge is 0.100 e. The van der Waals surface area contributed by atoms with Crippen LogP contribution in [0.2, 0.25) is 0 Å². The molecule has 0 radical (unpaired) electrons. The molecule has 0 spiro atoms. The maximum Gasteiger partial charge on any atom is 0.100 e. The first-order valence-corrected chi connectivity index (χ1v) is 9.42. The summed E-state index contributed by atoms with van der Waals surface area (Å²) in [6.07, 6.45) is 15.7. The minimum absolute atomic E-state index is 0.178. The lowest BCUT2D eigenvalue weighted by atomic mass is 10.1. The molecule has 0 amide bonds. The van der Waals surface area contributed by atoms with Gasteiger partial charge in [0.05, 0.1) is 19.3 Å². The van der Waals surface area contributed by atoms with Gasteiger partial charge in [-0.1, -0.05) is 57.6 Å². The van der Waals surface area contributed by atoms with Crippen molar-refractivity contribution in [2.24, 2.45) is 0 Å². The fourth-order valence-corrected chi connectivity index (χ4v) is 2.40. The molecule has 0 aromatic rings. The second-order valence-corrected chi connectivity index (χ2v) is 6.31. The minimum atomic E-state index is -0.782. The highest BCUT2D eigenvalue weighted by Crippen LogP contribution is 2.09. The molecule has 0 aliphatic carbocycles. The van der Waals surface area contributed by atoms with Gasteiger partial charge in [0.15, 0.2) is 0 Å². The van der Waals surface area contributed by atoms with E-state index in [1.807, 2.05) is 6.08 Å². The topological polar surface area (TPSA) is 69.9 Å². The third-order valence-corrected chi connectivity index (χ3v) is 3.89. The van der Waals surface area contributed by atoms with Crippen LogP contribution in [0.4, 0.5) is 0 Å². The van der Waals surface area contributed by atoms with Crippen molar-refractivity contribution < 1.29 is 20.1 Å². The van der Waals surface area contributed by atoms with E-state index >= 15 is 0 Å². The van der Waals surface area contributed by atoms with E-state index in [1.165, 1.54) is 44.9 Å². The van der Waals surface area contributed by atoms with E-state index in [4.69, 9.17) is 14.9 Å². The lowest BCUT2D eigenvalue weighted by Gasteiger charge is -2.09. The van der Waals surface area contributed by atoms with Crippen molar-refractivity contribution in [1.29, 1.82) is 0 Å². The standard InChI is InChI=1S/C19H38O4/c1-2-3-4-5-6-7-8-9-10-13-18(21)14-11-12-15-23-17-19(22)16-20/h10,13,18-22H,2-9,11-12,14-17H2,1H3/b13-10+/t18-,19-/m0/s1. The van der Waals surface area contributed by atoms with Gasteiger partial charge in [0, 0.05) is 6.61 Å². The molecule has 4 heteroatoms. The Balaban J connectivity index is 3.30. The SMILES string of the molecule is CCCCCCCCC/C=C/[C@H](O)CCCCOC[C@@H](O)CO. The number of hydrogen-bond donors (Lipinski definition) is 3. The molecular formula is C19H38O4. The summed E-state index contributed by atoms with van der Waals surface area (Å²) in [5, 5.41) is 27.5. The van der Waals surface area contributed by atoms with Gasteiger partial charge in [-0.05, 0) is 32.1 Å². The van der Waals surface area contributed by atoms with Gasteiger partial charge < -0.3 is 20.1 Å². The Morgan fingerprint density at radius 3 is 2.30 bits per heavy atom. The summed E-state index contributed by atoms with van der Waals surface area (Å²) in [6.45, 7) is 2.72. The van der Waals surface area contributed by atoms with Crippen LogP contribution in [-0.2, 0) is 4.74 Å². The third-order valence-electron chi connectivity index (χ3n) is 3.89. The fraction of sp³-hybridized carbons (Fsp3) is 0.895.